The molecule has 228 valence electrons. The van der Waals surface area contributed by atoms with Crippen molar-refractivity contribution in [2.24, 2.45) is 0 Å². The Kier molecular flexibility index (Phi) is 7.64. The Labute approximate surface area is 255 Å². The van der Waals surface area contributed by atoms with Crippen LogP contribution in [0.2, 0.25) is 5.02 Å². The van der Waals surface area contributed by atoms with E-state index in [9.17, 15) is 9.59 Å². The summed E-state index contributed by atoms with van der Waals surface area (Å²) in [6.07, 6.45) is 5.17. The summed E-state index contributed by atoms with van der Waals surface area (Å²) in [7, 11) is 1.55. The Morgan fingerprint density at radius 1 is 1.28 bits per heavy atom. The fourth-order valence-electron chi connectivity index (χ4n) is 5.55. The van der Waals surface area contributed by atoms with Crippen LogP contribution in [0.25, 0.3) is 11.3 Å². The molecule has 0 bridgehead atoms. The number of methoxy groups -OCH3 is 1. The first kappa shape index (κ1) is 29.1. The summed E-state index contributed by atoms with van der Waals surface area (Å²) in [5.41, 5.74) is 3.22. The summed E-state index contributed by atoms with van der Waals surface area (Å²) in [6, 6.07) is 7.25. The predicted molar refractivity (Wildman–Crippen MR) is 161 cm³/mol. The quantitative estimate of drug-likeness (QED) is 0.329. The molecule has 3 N–H and O–H groups in total. The van der Waals surface area contributed by atoms with Crippen LogP contribution in [0.4, 0.5) is 16.2 Å². The zero-order chi connectivity index (χ0) is 30.4. The molecule has 3 aromatic rings. The van der Waals surface area contributed by atoms with Crippen LogP contribution in [-0.4, -0.2) is 77.5 Å². The van der Waals surface area contributed by atoms with Crippen molar-refractivity contribution >= 4 is 35.0 Å². The van der Waals surface area contributed by atoms with E-state index < -0.39 is 5.60 Å². The Morgan fingerprint density at radius 2 is 2.09 bits per heavy atom. The summed E-state index contributed by atoms with van der Waals surface area (Å²) in [5.74, 6) is 0.830. The zero-order valence-electron chi connectivity index (χ0n) is 24.7. The molecule has 1 aliphatic carbocycles. The Hall–Kier alpha value is -3.96. The molecule has 1 atom stereocenters. The number of carbonyl (C=O) groups is 2. The highest BCUT2D eigenvalue weighted by molar-refractivity contribution is 6.32. The number of nitrogens with one attached hydrogen (secondary N) is 3. The lowest BCUT2D eigenvalue weighted by Crippen LogP contribution is -2.49. The van der Waals surface area contributed by atoms with Crippen molar-refractivity contribution < 1.29 is 28.5 Å². The number of anilines is 2. The van der Waals surface area contributed by atoms with Crippen LogP contribution in [0.3, 0.4) is 0 Å². The number of ether oxygens (including phenoxy) is 4. The fourth-order valence-corrected chi connectivity index (χ4v) is 5.80. The van der Waals surface area contributed by atoms with E-state index in [2.05, 4.69) is 20.6 Å². The first-order chi connectivity index (χ1) is 20.6. The molecule has 2 amide bonds. The maximum atomic E-state index is 13.5. The van der Waals surface area contributed by atoms with Gasteiger partial charge in [-0.3, -0.25) is 9.78 Å². The highest BCUT2D eigenvalue weighted by Crippen LogP contribution is 2.48. The molecular formula is C31H36ClN5O6. The highest BCUT2D eigenvalue weighted by Gasteiger charge is 2.49. The summed E-state index contributed by atoms with van der Waals surface area (Å²) in [5, 5.41) is 7.08. The number of aromatic nitrogens is 2. The second kappa shape index (κ2) is 11.3. The number of benzene rings is 1. The Balaban J connectivity index is 1.30. The molecule has 1 saturated carbocycles. The number of nitrogens with zero attached hydrogens (tertiary/aromatic N) is 2. The number of morpholine rings is 1. The number of hydrogen-bond acceptors (Lipinski definition) is 8. The van der Waals surface area contributed by atoms with Crippen LogP contribution in [0, 0.1) is 0 Å². The molecule has 43 heavy (non-hydrogen) atoms. The Morgan fingerprint density at radius 3 is 2.84 bits per heavy atom. The van der Waals surface area contributed by atoms with Gasteiger partial charge < -0.3 is 39.5 Å². The van der Waals surface area contributed by atoms with Gasteiger partial charge in [0, 0.05) is 36.0 Å². The number of carbonyl (C=O) groups excluding carboxylic acids is 2. The van der Waals surface area contributed by atoms with E-state index in [0.29, 0.717) is 70.8 Å². The van der Waals surface area contributed by atoms with E-state index in [0.717, 1.165) is 18.5 Å². The summed E-state index contributed by atoms with van der Waals surface area (Å²) >= 11 is 6.42. The molecule has 1 spiro atoms. The number of fused-ring (bicyclic) bond motifs is 1. The molecule has 4 heterocycles. The number of rotatable bonds is 7. The van der Waals surface area contributed by atoms with Gasteiger partial charge in [0.05, 0.1) is 54.1 Å². The molecule has 1 aromatic carbocycles. The molecular weight excluding hydrogens is 574 g/mol. The third-order valence-corrected chi connectivity index (χ3v) is 8.05. The summed E-state index contributed by atoms with van der Waals surface area (Å²) in [6.45, 7) is 6.87. The standard InChI is InChI=1S/C31H36ClN5O6/c1-30(2,3)43-29(39)37-12-13-41-18(16-37)17-42-23-15-33-11-8-19(23)25-26(34-21-7-5-6-20(32)27(21)40-4)24-22(35-25)14-31(9-10-31)36-28(24)38/h5-8,11,15,18,34-35H,9-10,12-14,16-17H2,1-4H3,(H,36,38)/t18-/m0/s1. The van der Waals surface area contributed by atoms with Crippen LogP contribution in [0.5, 0.6) is 11.5 Å². The topological polar surface area (TPSA) is 127 Å². The molecule has 2 fully saturated rings. The highest BCUT2D eigenvalue weighted by atomic mass is 35.5. The SMILES string of the molecule is COc1c(Cl)cccc1Nc1c(-c2ccncc2OC[C@@H]2CN(C(=O)OC(C)(C)C)CCO2)[nH]c2c1C(=O)NC1(CC1)C2. The second-order valence-corrected chi connectivity index (χ2v) is 12.6. The van der Waals surface area contributed by atoms with Gasteiger partial charge in [0.25, 0.3) is 5.91 Å². The van der Waals surface area contributed by atoms with Gasteiger partial charge in [0.15, 0.2) is 5.75 Å². The molecule has 12 heteroatoms. The van der Waals surface area contributed by atoms with Crippen LogP contribution in [0.15, 0.2) is 36.7 Å². The van der Waals surface area contributed by atoms with Crippen LogP contribution in [-0.2, 0) is 15.9 Å². The lowest BCUT2D eigenvalue weighted by molar-refractivity contribution is -0.0556. The monoisotopic (exact) mass is 609 g/mol. The van der Waals surface area contributed by atoms with Gasteiger partial charge in [-0.1, -0.05) is 17.7 Å². The summed E-state index contributed by atoms with van der Waals surface area (Å²) in [4.78, 5) is 35.6. The Bertz CT molecular complexity index is 1550. The van der Waals surface area contributed by atoms with Gasteiger partial charge >= 0.3 is 6.09 Å². The molecule has 0 unspecified atom stereocenters. The average molecular weight is 610 g/mol. The molecule has 6 rings (SSSR count). The smallest absolute Gasteiger partial charge is 0.410 e. The fraction of sp³-hybridized carbons (Fsp3) is 0.452. The number of amides is 2. The van der Waals surface area contributed by atoms with Crippen molar-refractivity contribution in [2.45, 2.75) is 57.3 Å². The van der Waals surface area contributed by atoms with E-state index in [4.69, 9.17) is 30.5 Å². The summed E-state index contributed by atoms with van der Waals surface area (Å²) < 4.78 is 23.3. The maximum Gasteiger partial charge on any atom is 0.410 e. The molecule has 2 aliphatic heterocycles. The molecule has 3 aliphatic rings. The second-order valence-electron chi connectivity index (χ2n) is 12.2. The van der Waals surface area contributed by atoms with E-state index in [1.54, 1.807) is 30.5 Å². The van der Waals surface area contributed by atoms with Gasteiger partial charge in [-0.15, -0.1) is 0 Å². The minimum absolute atomic E-state index is 0.140. The van der Waals surface area contributed by atoms with Gasteiger partial charge in [-0.25, -0.2) is 4.79 Å². The van der Waals surface area contributed by atoms with Crippen molar-refractivity contribution in [1.82, 2.24) is 20.2 Å². The molecule has 2 aromatic heterocycles. The minimum atomic E-state index is -0.585. The van der Waals surface area contributed by atoms with Crippen molar-refractivity contribution in [3.05, 3.63) is 52.9 Å². The number of hydrogen-bond donors (Lipinski definition) is 3. The molecule has 11 nitrogen and oxygen atoms in total. The molecule has 1 saturated heterocycles. The van der Waals surface area contributed by atoms with Crippen molar-refractivity contribution in [3.63, 3.8) is 0 Å². The van der Waals surface area contributed by atoms with E-state index in [-0.39, 0.29) is 30.3 Å². The minimum Gasteiger partial charge on any atom is -0.493 e. The number of aromatic amines is 1. The van der Waals surface area contributed by atoms with Gasteiger partial charge in [0.1, 0.15) is 24.1 Å². The van der Waals surface area contributed by atoms with Crippen LogP contribution in [0.1, 0.15) is 49.7 Å². The number of para-hydroxylation sites is 1. The van der Waals surface area contributed by atoms with Crippen molar-refractivity contribution in [3.8, 4) is 22.8 Å². The number of pyridine rings is 1. The average Bonchev–Trinajstić information content (AvgIpc) is 3.60. The first-order valence-corrected chi connectivity index (χ1v) is 14.8. The largest absolute Gasteiger partial charge is 0.493 e. The van der Waals surface area contributed by atoms with Crippen molar-refractivity contribution in [1.29, 1.82) is 0 Å². The van der Waals surface area contributed by atoms with Crippen LogP contribution >= 0.6 is 11.6 Å². The normalized spacial score (nSPS) is 19.0. The predicted octanol–water partition coefficient (Wildman–Crippen LogP) is 5.32. The van der Waals surface area contributed by atoms with Gasteiger partial charge in [0.2, 0.25) is 0 Å². The third-order valence-electron chi connectivity index (χ3n) is 7.75. The van der Waals surface area contributed by atoms with E-state index in [1.165, 1.54) is 0 Å². The van der Waals surface area contributed by atoms with Gasteiger partial charge in [-0.2, -0.15) is 0 Å². The van der Waals surface area contributed by atoms with E-state index >= 15 is 0 Å². The maximum absolute atomic E-state index is 13.5. The third kappa shape index (κ3) is 6.09. The lowest BCUT2D eigenvalue weighted by Gasteiger charge is -2.34. The number of H-pyrrole nitrogens is 1. The van der Waals surface area contributed by atoms with Crippen molar-refractivity contribution in [2.75, 3.05) is 38.7 Å². The zero-order valence-corrected chi connectivity index (χ0v) is 25.5. The molecule has 0 radical (unpaired) electrons. The lowest BCUT2D eigenvalue weighted by atomic mass is 9.98. The van der Waals surface area contributed by atoms with Gasteiger partial charge in [-0.05, 0) is 51.8 Å². The number of halogens is 1. The van der Waals surface area contributed by atoms with Crippen LogP contribution < -0.4 is 20.1 Å². The first-order valence-electron chi connectivity index (χ1n) is 14.4. The van der Waals surface area contributed by atoms with E-state index in [1.807, 2.05) is 39.0 Å².